The average molecular weight is 248 g/mol. The zero-order chi connectivity index (χ0) is 13.4. The highest BCUT2D eigenvalue weighted by Crippen LogP contribution is 2.32. The molecule has 18 heavy (non-hydrogen) atoms. The van der Waals surface area contributed by atoms with Gasteiger partial charge in [-0.25, -0.2) is 0 Å². The third-order valence-corrected chi connectivity index (χ3v) is 3.27. The van der Waals surface area contributed by atoms with Gasteiger partial charge in [0.15, 0.2) is 0 Å². The van der Waals surface area contributed by atoms with Gasteiger partial charge < -0.3 is 15.7 Å². The Hall–Kier alpha value is -2.04. The highest BCUT2D eigenvalue weighted by molar-refractivity contribution is 6.01. The monoisotopic (exact) mass is 248 g/mol. The summed E-state index contributed by atoms with van der Waals surface area (Å²) in [6.45, 7) is 3.99. The van der Waals surface area contributed by atoms with E-state index in [0.29, 0.717) is 11.4 Å². The number of anilines is 2. The summed E-state index contributed by atoms with van der Waals surface area (Å²) in [6.07, 6.45) is 0.0434. The van der Waals surface area contributed by atoms with Gasteiger partial charge in [-0.1, -0.05) is 6.07 Å². The second-order valence-electron chi connectivity index (χ2n) is 4.76. The van der Waals surface area contributed by atoms with Crippen molar-refractivity contribution < 1.29 is 14.7 Å². The molecule has 1 aliphatic rings. The number of nitrogens with two attached hydrogens (primary N) is 1. The van der Waals surface area contributed by atoms with Crippen molar-refractivity contribution in [1.82, 2.24) is 0 Å². The van der Waals surface area contributed by atoms with E-state index in [1.54, 1.807) is 0 Å². The Morgan fingerprint density at radius 3 is 2.67 bits per heavy atom. The number of nitrogens with zero attached hydrogens (tertiary/aromatic N) is 1. The maximum atomic E-state index is 11.9. The van der Waals surface area contributed by atoms with E-state index in [0.717, 1.165) is 11.1 Å². The number of aliphatic carboxylic acids is 1. The number of aryl methyl sites for hydroxylation is 2. The van der Waals surface area contributed by atoms with Crippen molar-refractivity contribution in [3.63, 3.8) is 0 Å². The minimum Gasteiger partial charge on any atom is -0.481 e. The van der Waals surface area contributed by atoms with Crippen molar-refractivity contribution in [2.24, 2.45) is 5.92 Å². The fraction of sp³-hybridized carbons (Fsp3) is 0.385. The Kier molecular flexibility index (Phi) is 2.98. The van der Waals surface area contributed by atoms with Gasteiger partial charge in [0.1, 0.15) is 0 Å². The van der Waals surface area contributed by atoms with Crippen LogP contribution < -0.4 is 10.6 Å². The van der Waals surface area contributed by atoms with E-state index in [1.807, 2.05) is 26.0 Å². The first-order valence-corrected chi connectivity index (χ1v) is 5.80. The summed E-state index contributed by atoms with van der Waals surface area (Å²) in [6, 6.07) is 3.76. The number of rotatable bonds is 2. The lowest BCUT2D eigenvalue weighted by Crippen LogP contribution is -2.27. The number of hydrogen-bond acceptors (Lipinski definition) is 3. The van der Waals surface area contributed by atoms with E-state index in [-0.39, 0.29) is 18.9 Å². The maximum absolute atomic E-state index is 11.9. The van der Waals surface area contributed by atoms with Crippen LogP contribution >= 0.6 is 0 Å². The molecule has 1 aliphatic heterocycles. The normalized spacial score (nSPS) is 19.3. The number of benzene rings is 1. The van der Waals surface area contributed by atoms with E-state index in [2.05, 4.69) is 0 Å². The van der Waals surface area contributed by atoms with Crippen LogP contribution in [-0.2, 0) is 9.59 Å². The number of hydrogen-bond donors (Lipinski definition) is 2. The largest absolute Gasteiger partial charge is 0.481 e. The smallest absolute Gasteiger partial charge is 0.308 e. The first kappa shape index (κ1) is 12.4. The van der Waals surface area contributed by atoms with E-state index in [1.165, 1.54) is 4.90 Å². The summed E-state index contributed by atoms with van der Waals surface area (Å²) in [5, 5.41) is 8.96. The molecular formula is C13H16N2O3. The molecule has 1 heterocycles. The summed E-state index contributed by atoms with van der Waals surface area (Å²) >= 11 is 0. The average Bonchev–Trinajstić information content (AvgIpc) is 2.66. The van der Waals surface area contributed by atoms with Crippen LogP contribution in [0.2, 0.25) is 0 Å². The van der Waals surface area contributed by atoms with Gasteiger partial charge in [0.05, 0.1) is 17.3 Å². The Bertz CT molecular complexity index is 525. The van der Waals surface area contributed by atoms with Crippen molar-refractivity contribution in [3.05, 3.63) is 23.3 Å². The van der Waals surface area contributed by atoms with Gasteiger partial charge in [-0.3, -0.25) is 9.59 Å². The van der Waals surface area contributed by atoms with Gasteiger partial charge in [-0.05, 0) is 31.0 Å². The fourth-order valence-corrected chi connectivity index (χ4v) is 2.29. The number of carbonyl (C=O) groups is 2. The second kappa shape index (κ2) is 4.33. The summed E-state index contributed by atoms with van der Waals surface area (Å²) in [5.74, 6) is -1.76. The minimum atomic E-state index is -0.936. The molecule has 3 N–H and O–H groups in total. The lowest BCUT2D eigenvalue weighted by molar-refractivity contribution is -0.141. The Labute approximate surface area is 105 Å². The topological polar surface area (TPSA) is 83.6 Å². The highest BCUT2D eigenvalue weighted by Gasteiger charge is 2.35. The predicted octanol–water partition coefficient (Wildman–Crippen LogP) is 1.32. The third-order valence-electron chi connectivity index (χ3n) is 3.27. The summed E-state index contributed by atoms with van der Waals surface area (Å²) in [7, 11) is 0. The van der Waals surface area contributed by atoms with Crippen molar-refractivity contribution in [1.29, 1.82) is 0 Å². The molecule has 1 amide bonds. The zero-order valence-corrected chi connectivity index (χ0v) is 10.4. The first-order valence-electron chi connectivity index (χ1n) is 5.80. The van der Waals surface area contributed by atoms with Crippen LogP contribution in [0, 0.1) is 19.8 Å². The van der Waals surface area contributed by atoms with Crippen LogP contribution in [0.1, 0.15) is 17.5 Å². The quantitative estimate of drug-likeness (QED) is 0.773. The SMILES string of the molecule is Cc1cc(C)c(N)c(N2CC(C(=O)O)CC2=O)c1. The van der Waals surface area contributed by atoms with Gasteiger partial charge in [0, 0.05) is 13.0 Å². The van der Waals surface area contributed by atoms with Crippen LogP contribution in [0.25, 0.3) is 0 Å². The summed E-state index contributed by atoms with van der Waals surface area (Å²) in [4.78, 5) is 24.3. The summed E-state index contributed by atoms with van der Waals surface area (Å²) < 4.78 is 0. The summed E-state index contributed by atoms with van der Waals surface area (Å²) in [5.41, 5.74) is 9.04. The number of nitrogen functional groups attached to an aromatic ring is 1. The van der Waals surface area contributed by atoms with E-state index >= 15 is 0 Å². The van der Waals surface area contributed by atoms with E-state index < -0.39 is 11.9 Å². The molecule has 2 rings (SSSR count). The third kappa shape index (κ3) is 2.03. The number of carbonyl (C=O) groups excluding carboxylic acids is 1. The van der Waals surface area contributed by atoms with Gasteiger partial charge >= 0.3 is 5.97 Å². The van der Waals surface area contributed by atoms with Gasteiger partial charge in [-0.2, -0.15) is 0 Å². The number of carboxylic acids is 1. The molecule has 0 aromatic heterocycles. The molecular weight excluding hydrogens is 232 g/mol. The van der Waals surface area contributed by atoms with Gasteiger partial charge in [0.25, 0.3) is 0 Å². The molecule has 1 saturated heterocycles. The highest BCUT2D eigenvalue weighted by atomic mass is 16.4. The van der Waals surface area contributed by atoms with Crippen LogP contribution in [0.5, 0.6) is 0 Å². The molecule has 96 valence electrons. The molecule has 0 spiro atoms. The Balaban J connectivity index is 2.38. The Morgan fingerprint density at radius 2 is 2.11 bits per heavy atom. The van der Waals surface area contributed by atoms with Crippen molar-refractivity contribution in [2.75, 3.05) is 17.2 Å². The standard InChI is InChI=1S/C13H16N2O3/c1-7-3-8(2)12(14)10(4-7)15-6-9(13(17)18)5-11(15)16/h3-4,9H,5-6,14H2,1-2H3,(H,17,18). The molecule has 0 saturated carbocycles. The second-order valence-corrected chi connectivity index (χ2v) is 4.76. The molecule has 0 bridgehead atoms. The van der Waals surface area contributed by atoms with Crippen molar-refractivity contribution >= 4 is 23.3 Å². The fourth-order valence-electron chi connectivity index (χ4n) is 2.29. The molecule has 5 heteroatoms. The molecule has 0 aliphatic carbocycles. The molecule has 1 aromatic carbocycles. The van der Waals surface area contributed by atoms with Gasteiger partial charge in [0.2, 0.25) is 5.91 Å². The minimum absolute atomic E-state index is 0.0434. The van der Waals surface area contributed by atoms with Crippen LogP contribution in [-0.4, -0.2) is 23.5 Å². The van der Waals surface area contributed by atoms with Crippen LogP contribution in [0.3, 0.4) is 0 Å². The van der Waals surface area contributed by atoms with Crippen molar-refractivity contribution in [3.8, 4) is 0 Å². The molecule has 0 radical (unpaired) electrons. The van der Waals surface area contributed by atoms with Gasteiger partial charge in [-0.15, -0.1) is 0 Å². The molecule has 5 nitrogen and oxygen atoms in total. The lowest BCUT2D eigenvalue weighted by Gasteiger charge is -2.20. The van der Waals surface area contributed by atoms with Crippen molar-refractivity contribution in [2.45, 2.75) is 20.3 Å². The van der Waals surface area contributed by atoms with Crippen LogP contribution in [0.15, 0.2) is 12.1 Å². The first-order chi connectivity index (χ1) is 8.40. The lowest BCUT2D eigenvalue weighted by atomic mass is 10.1. The molecule has 1 aromatic rings. The molecule has 1 atom stereocenters. The Morgan fingerprint density at radius 1 is 1.44 bits per heavy atom. The maximum Gasteiger partial charge on any atom is 0.308 e. The number of amides is 1. The van der Waals surface area contributed by atoms with E-state index in [9.17, 15) is 9.59 Å². The predicted molar refractivity (Wildman–Crippen MR) is 68.4 cm³/mol. The molecule has 1 fully saturated rings. The van der Waals surface area contributed by atoms with Crippen LogP contribution in [0.4, 0.5) is 11.4 Å². The molecule has 1 unspecified atom stereocenters. The van der Waals surface area contributed by atoms with E-state index in [4.69, 9.17) is 10.8 Å². The number of carboxylic acid groups (broad SMARTS) is 1. The zero-order valence-electron chi connectivity index (χ0n) is 10.4.